The van der Waals surface area contributed by atoms with Gasteiger partial charge in [0.15, 0.2) is 0 Å². The van der Waals surface area contributed by atoms with Gasteiger partial charge in [-0.05, 0) is 38.0 Å². The fourth-order valence-electron chi connectivity index (χ4n) is 2.01. The predicted octanol–water partition coefficient (Wildman–Crippen LogP) is 1.62. The van der Waals surface area contributed by atoms with Crippen LogP contribution in [-0.4, -0.2) is 18.5 Å². The summed E-state index contributed by atoms with van der Waals surface area (Å²) >= 11 is 0. The Morgan fingerprint density at radius 3 is 2.50 bits per heavy atom. The highest BCUT2D eigenvalue weighted by atomic mass is 16.6. The molecule has 0 aromatic carbocycles. The fraction of sp³-hybridized carbons (Fsp3) is 0.800. The SMILES string of the molecule is NC(=O)OC1CCC(CCC=O)CC1. The Bertz CT molecular complexity index is 198. The van der Waals surface area contributed by atoms with E-state index in [2.05, 4.69) is 0 Å². The van der Waals surface area contributed by atoms with Crippen molar-refractivity contribution in [3.63, 3.8) is 0 Å². The second-order valence-corrected chi connectivity index (χ2v) is 3.82. The average Bonchev–Trinajstić information content (AvgIpc) is 2.16. The van der Waals surface area contributed by atoms with Crippen LogP contribution in [0.15, 0.2) is 0 Å². The summed E-state index contributed by atoms with van der Waals surface area (Å²) in [5.74, 6) is 0.618. The first-order valence-electron chi connectivity index (χ1n) is 5.12. The van der Waals surface area contributed by atoms with E-state index in [-0.39, 0.29) is 6.10 Å². The molecule has 0 unspecified atom stereocenters. The van der Waals surface area contributed by atoms with Gasteiger partial charge in [0.2, 0.25) is 0 Å². The maximum absolute atomic E-state index is 10.5. The average molecular weight is 199 g/mol. The summed E-state index contributed by atoms with van der Waals surface area (Å²) < 4.78 is 4.91. The maximum atomic E-state index is 10.5. The van der Waals surface area contributed by atoms with E-state index in [1.165, 1.54) is 0 Å². The van der Waals surface area contributed by atoms with Gasteiger partial charge in [-0.15, -0.1) is 0 Å². The van der Waals surface area contributed by atoms with Gasteiger partial charge in [0.1, 0.15) is 12.4 Å². The summed E-state index contributed by atoms with van der Waals surface area (Å²) in [5, 5.41) is 0. The third-order valence-electron chi connectivity index (χ3n) is 2.77. The molecule has 0 radical (unpaired) electrons. The Balaban J connectivity index is 2.17. The lowest BCUT2D eigenvalue weighted by Crippen LogP contribution is -2.27. The molecule has 0 aromatic rings. The normalized spacial score (nSPS) is 26.9. The van der Waals surface area contributed by atoms with Gasteiger partial charge in [-0.3, -0.25) is 0 Å². The third kappa shape index (κ3) is 3.77. The first-order chi connectivity index (χ1) is 6.72. The van der Waals surface area contributed by atoms with Crippen molar-refractivity contribution in [1.82, 2.24) is 0 Å². The fourth-order valence-corrected chi connectivity index (χ4v) is 2.01. The zero-order valence-electron chi connectivity index (χ0n) is 8.28. The van der Waals surface area contributed by atoms with Gasteiger partial charge >= 0.3 is 6.09 Å². The summed E-state index contributed by atoms with van der Waals surface area (Å²) in [6.07, 6.45) is 5.72. The molecule has 1 aliphatic carbocycles. The van der Waals surface area contributed by atoms with Crippen molar-refractivity contribution in [2.24, 2.45) is 11.7 Å². The highest BCUT2D eigenvalue weighted by Gasteiger charge is 2.22. The summed E-state index contributed by atoms with van der Waals surface area (Å²) in [6.45, 7) is 0. The molecule has 0 bridgehead atoms. The van der Waals surface area contributed by atoms with Crippen LogP contribution in [0.3, 0.4) is 0 Å². The molecule has 0 spiro atoms. The minimum absolute atomic E-state index is 0.0000175. The van der Waals surface area contributed by atoms with Crippen molar-refractivity contribution in [3.8, 4) is 0 Å². The lowest BCUT2D eigenvalue weighted by molar-refractivity contribution is -0.108. The molecule has 1 rings (SSSR count). The van der Waals surface area contributed by atoms with Crippen LogP contribution in [0, 0.1) is 5.92 Å². The molecule has 80 valence electrons. The Labute approximate surface area is 83.8 Å². The van der Waals surface area contributed by atoms with Crippen molar-refractivity contribution < 1.29 is 14.3 Å². The molecule has 2 N–H and O–H groups in total. The standard InChI is InChI=1S/C10H17NO3/c11-10(13)14-9-5-3-8(4-6-9)2-1-7-12/h7-9H,1-6H2,(H2,11,13). The molecular formula is C10H17NO3. The molecule has 4 heteroatoms. The minimum Gasteiger partial charge on any atom is -0.446 e. The second-order valence-electron chi connectivity index (χ2n) is 3.82. The highest BCUT2D eigenvalue weighted by Crippen LogP contribution is 2.28. The molecule has 1 aliphatic rings. The number of carbonyl (C=O) groups is 2. The number of hydrogen-bond acceptors (Lipinski definition) is 3. The molecule has 14 heavy (non-hydrogen) atoms. The molecular weight excluding hydrogens is 182 g/mol. The third-order valence-corrected chi connectivity index (χ3v) is 2.77. The van der Waals surface area contributed by atoms with E-state index >= 15 is 0 Å². The van der Waals surface area contributed by atoms with Crippen LogP contribution in [0.25, 0.3) is 0 Å². The molecule has 1 fully saturated rings. The number of primary amides is 1. The first-order valence-corrected chi connectivity index (χ1v) is 5.12. The van der Waals surface area contributed by atoms with Gasteiger partial charge in [0, 0.05) is 6.42 Å². The maximum Gasteiger partial charge on any atom is 0.404 e. The zero-order valence-corrected chi connectivity index (χ0v) is 8.28. The van der Waals surface area contributed by atoms with Gasteiger partial charge in [-0.25, -0.2) is 4.79 Å². The van der Waals surface area contributed by atoms with Crippen molar-refractivity contribution in [2.75, 3.05) is 0 Å². The van der Waals surface area contributed by atoms with E-state index in [9.17, 15) is 9.59 Å². The summed E-state index contributed by atoms with van der Waals surface area (Å²) in [5.41, 5.74) is 4.93. The Hall–Kier alpha value is -1.06. The quantitative estimate of drug-likeness (QED) is 0.699. The smallest absolute Gasteiger partial charge is 0.404 e. The summed E-state index contributed by atoms with van der Waals surface area (Å²) in [7, 11) is 0. The molecule has 0 aromatic heterocycles. The Kier molecular flexibility index (Phi) is 4.43. The largest absolute Gasteiger partial charge is 0.446 e. The van der Waals surface area contributed by atoms with Gasteiger partial charge in [0.05, 0.1) is 0 Å². The second kappa shape index (κ2) is 5.62. The number of amides is 1. The number of carbonyl (C=O) groups excluding carboxylic acids is 2. The number of nitrogens with two attached hydrogens (primary N) is 1. The van der Waals surface area contributed by atoms with Crippen LogP contribution in [0.1, 0.15) is 38.5 Å². The molecule has 0 heterocycles. The van der Waals surface area contributed by atoms with Crippen molar-refractivity contribution in [1.29, 1.82) is 0 Å². The molecule has 0 atom stereocenters. The topological polar surface area (TPSA) is 69.4 Å². The molecule has 1 amide bonds. The zero-order chi connectivity index (χ0) is 10.4. The number of rotatable bonds is 4. The van der Waals surface area contributed by atoms with Crippen LogP contribution in [0.2, 0.25) is 0 Å². The van der Waals surface area contributed by atoms with Crippen LogP contribution >= 0.6 is 0 Å². The summed E-state index contributed by atoms with van der Waals surface area (Å²) in [6, 6.07) is 0. The van der Waals surface area contributed by atoms with Gasteiger partial charge < -0.3 is 15.3 Å². The van der Waals surface area contributed by atoms with E-state index in [0.717, 1.165) is 38.4 Å². The predicted molar refractivity (Wildman–Crippen MR) is 51.7 cm³/mol. The summed E-state index contributed by atoms with van der Waals surface area (Å²) in [4.78, 5) is 20.6. The molecule has 4 nitrogen and oxygen atoms in total. The van der Waals surface area contributed by atoms with Gasteiger partial charge in [-0.1, -0.05) is 0 Å². The van der Waals surface area contributed by atoms with E-state index in [1.54, 1.807) is 0 Å². The van der Waals surface area contributed by atoms with Crippen molar-refractivity contribution in [2.45, 2.75) is 44.6 Å². The number of aldehydes is 1. The van der Waals surface area contributed by atoms with Gasteiger partial charge in [-0.2, -0.15) is 0 Å². The first kappa shape index (κ1) is 11.0. The number of hydrogen-bond donors (Lipinski definition) is 1. The highest BCUT2D eigenvalue weighted by molar-refractivity contribution is 5.64. The lowest BCUT2D eigenvalue weighted by atomic mass is 9.85. The van der Waals surface area contributed by atoms with E-state index in [1.807, 2.05) is 0 Å². The van der Waals surface area contributed by atoms with E-state index < -0.39 is 6.09 Å². The number of ether oxygens (including phenoxy) is 1. The van der Waals surface area contributed by atoms with Crippen LogP contribution < -0.4 is 5.73 Å². The molecule has 1 saturated carbocycles. The lowest BCUT2D eigenvalue weighted by Gasteiger charge is -2.27. The van der Waals surface area contributed by atoms with Crippen LogP contribution in [-0.2, 0) is 9.53 Å². The molecule has 0 saturated heterocycles. The monoisotopic (exact) mass is 199 g/mol. The molecule has 0 aliphatic heterocycles. The van der Waals surface area contributed by atoms with E-state index in [4.69, 9.17) is 10.5 Å². The van der Waals surface area contributed by atoms with Crippen molar-refractivity contribution in [3.05, 3.63) is 0 Å². The Morgan fingerprint density at radius 1 is 1.36 bits per heavy atom. The van der Waals surface area contributed by atoms with Crippen molar-refractivity contribution >= 4 is 12.4 Å². The Morgan fingerprint density at radius 2 is 2.00 bits per heavy atom. The van der Waals surface area contributed by atoms with E-state index in [0.29, 0.717) is 12.3 Å². The van der Waals surface area contributed by atoms with Gasteiger partial charge in [0.25, 0.3) is 0 Å². The minimum atomic E-state index is -0.679. The van der Waals surface area contributed by atoms with Crippen LogP contribution in [0.5, 0.6) is 0 Å². The van der Waals surface area contributed by atoms with Crippen LogP contribution in [0.4, 0.5) is 4.79 Å².